The Morgan fingerprint density at radius 2 is 2.27 bits per heavy atom. The maximum Gasteiger partial charge on any atom is 0.0823 e. The van der Waals surface area contributed by atoms with Crippen molar-refractivity contribution in [3.8, 4) is 0 Å². The first-order valence-electron chi connectivity index (χ1n) is 5.75. The lowest BCUT2D eigenvalue weighted by Gasteiger charge is -2.39. The zero-order chi connectivity index (χ0) is 11.3. The van der Waals surface area contributed by atoms with E-state index < -0.39 is 0 Å². The van der Waals surface area contributed by atoms with Gasteiger partial charge in [-0.15, -0.1) is 0 Å². The summed E-state index contributed by atoms with van der Waals surface area (Å²) >= 11 is 0. The molecule has 0 aromatic rings. The minimum absolute atomic E-state index is 0.0381. The van der Waals surface area contributed by atoms with E-state index in [0.717, 1.165) is 32.8 Å². The van der Waals surface area contributed by atoms with E-state index in [9.17, 15) is 0 Å². The summed E-state index contributed by atoms with van der Waals surface area (Å²) in [5.74, 6) is 0. The smallest absolute Gasteiger partial charge is 0.0823 e. The van der Waals surface area contributed by atoms with Crippen LogP contribution in [-0.4, -0.2) is 56.0 Å². The molecule has 4 heteroatoms. The van der Waals surface area contributed by atoms with E-state index >= 15 is 0 Å². The first-order valence-corrected chi connectivity index (χ1v) is 5.75. The Kier molecular flexibility index (Phi) is 4.99. The molecule has 4 nitrogen and oxygen atoms in total. The summed E-state index contributed by atoms with van der Waals surface area (Å²) in [5, 5.41) is 0. The van der Waals surface area contributed by atoms with E-state index in [1.807, 2.05) is 6.92 Å². The molecule has 1 fully saturated rings. The number of hydrogen-bond donors (Lipinski definition) is 1. The highest BCUT2D eigenvalue weighted by molar-refractivity contribution is 4.80. The van der Waals surface area contributed by atoms with Crippen molar-refractivity contribution in [3.63, 3.8) is 0 Å². The highest BCUT2D eigenvalue weighted by atomic mass is 16.5. The molecule has 0 bridgehead atoms. The standard InChI is InChI=1S/C11H24N2O2/c1-4-14-10(7-12)8-13-5-6-15-11(2,3)9-13/h10H,4-9,12H2,1-3H3. The highest BCUT2D eigenvalue weighted by Gasteiger charge is 2.28. The molecule has 90 valence electrons. The molecule has 0 aromatic heterocycles. The van der Waals surface area contributed by atoms with Gasteiger partial charge in [0, 0.05) is 32.8 Å². The molecule has 1 aliphatic rings. The van der Waals surface area contributed by atoms with Gasteiger partial charge in [-0.3, -0.25) is 4.90 Å². The van der Waals surface area contributed by atoms with Crippen molar-refractivity contribution >= 4 is 0 Å². The molecule has 0 saturated carbocycles. The first kappa shape index (κ1) is 12.9. The van der Waals surface area contributed by atoms with Crippen molar-refractivity contribution in [3.05, 3.63) is 0 Å². The van der Waals surface area contributed by atoms with Gasteiger partial charge in [0.05, 0.1) is 18.3 Å². The number of nitrogens with zero attached hydrogens (tertiary/aromatic N) is 1. The molecule has 1 heterocycles. The largest absolute Gasteiger partial charge is 0.376 e. The lowest BCUT2D eigenvalue weighted by atomic mass is 10.1. The van der Waals surface area contributed by atoms with Crippen LogP contribution in [0.2, 0.25) is 0 Å². The maximum absolute atomic E-state index is 5.66. The summed E-state index contributed by atoms with van der Waals surface area (Å²) in [4.78, 5) is 2.37. The van der Waals surface area contributed by atoms with Gasteiger partial charge in [-0.05, 0) is 20.8 Å². The van der Waals surface area contributed by atoms with Gasteiger partial charge in [0.15, 0.2) is 0 Å². The van der Waals surface area contributed by atoms with Gasteiger partial charge >= 0.3 is 0 Å². The molecule has 0 aliphatic carbocycles. The van der Waals surface area contributed by atoms with Crippen LogP contribution in [0.5, 0.6) is 0 Å². The van der Waals surface area contributed by atoms with Gasteiger partial charge < -0.3 is 15.2 Å². The second-order valence-electron chi connectivity index (χ2n) is 4.66. The second-order valence-corrected chi connectivity index (χ2v) is 4.66. The topological polar surface area (TPSA) is 47.7 Å². The SMILES string of the molecule is CCOC(CN)CN1CCOC(C)(C)C1. The van der Waals surface area contributed by atoms with Crippen LogP contribution in [0.4, 0.5) is 0 Å². The monoisotopic (exact) mass is 216 g/mol. The summed E-state index contributed by atoms with van der Waals surface area (Å²) in [7, 11) is 0. The summed E-state index contributed by atoms with van der Waals surface area (Å²) in [6.45, 7) is 11.2. The van der Waals surface area contributed by atoms with E-state index in [-0.39, 0.29) is 11.7 Å². The first-order chi connectivity index (χ1) is 7.07. The Balaban J connectivity index is 2.36. The van der Waals surface area contributed by atoms with Crippen molar-refractivity contribution in [2.45, 2.75) is 32.5 Å². The van der Waals surface area contributed by atoms with E-state index in [2.05, 4.69) is 18.7 Å². The Hall–Kier alpha value is -0.160. The van der Waals surface area contributed by atoms with Crippen LogP contribution in [0.3, 0.4) is 0 Å². The number of nitrogens with two attached hydrogens (primary N) is 1. The van der Waals surface area contributed by atoms with Gasteiger partial charge in [-0.25, -0.2) is 0 Å². The van der Waals surface area contributed by atoms with Crippen molar-refractivity contribution in [1.82, 2.24) is 4.90 Å². The van der Waals surface area contributed by atoms with Gasteiger partial charge in [0.1, 0.15) is 0 Å². The fourth-order valence-electron chi connectivity index (χ4n) is 1.99. The minimum Gasteiger partial charge on any atom is -0.376 e. The highest BCUT2D eigenvalue weighted by Crippen LogP contribution is 2.16. The van der Waals surface area contributed by atoms with Crippen LogP contribution in [0.1, 0.15) is 20.8 Å². The second kappa shape index (κ2) is 5.80. The average molecular weight is 216 g/mol. The summed E-state index contributed by atoms with van der Waals surface area (Å²) in [6.07, 6.45) is 0.156. The molecule has 2 N–H and O–H groups in total. The Morgan fingerprint density at radius 1 is 1.53 bits per heavy atom. The Labute approximate surface area is 92.7 Å². The van der Waals surface area contributed by atoms with Crippen LogP contribution >= 0.6 is 0 Å². The average Bonchev–Trinajstić information content (AvgIpc) is 2.15. The minimum atomic E-state index is -0.0381. The van der Waals surface area contributed by atoms with Crippen molar-refractivity contribution in [1.29, 1.82) is 0 Å². The Morgan fingerprint density at radius 3 is 2.80 bits per heavy atom. The fourth-order valence-corrected chi connectivity index (χ4v) is 1.99. The maximum atomic E-state index is 5.66. The molecule has 1 atom stereocenters. The van der Waals surface area contributed by atoms with Crippen LogP contribution in [0.15, 0.2) is 0 Å². The van der Waals surface area contributed by atoms with Crippen LogP contribution in [-0.2, 0) is 9.47 Å². The zero-order valence-electron chi connectivity index (χ0n) is 10.2. The molecule has 1 aliphatic heterocycles. The predicted molar refractivity (Wildman–Crippen MR) is 60.9 cm³/mol. The molecular weight excluding hydrogens is 192 g/mol. The van der Waals surface area contributed by atoms with Crippen molar-refractivity contribution < 1.29 is 9.47 Å². The predicted octanol–water partition coefficient (Wildman–Crippen LogP) is 0.461. The normalized spacial score (nSPS) is 24.0. The lowest BCUT2D eigenvalue weighted by Crippen LogP contribution is -2.51. The van der Waals surface area contributed by atoms with Gasteiger partial charge in [0.25, 0.3) is 0 Å². The molecule has 0 amide bonds. The van der Waals surface area contributed by atoms with Gasteiger partial charge in [-0.1, -0.05) is 0 Å². The molecule has 0 radical (unpaired) electrons. The van der Waals surface area contributed by atoms with Crippen molar-refractivity contribution in [2.24, 2.45) is 5.73 Å². The third-order valence-electron chi connectivity index (χ3n) is 2.63. The number of ether oxygens (including phenoxy) is 2. The molecule has 0 aromatic carbocycles. The number of hydrogen-bond acceptors (Lipinski definition) is 4. The van der Waals surface area contributed by atoms with E-state index in [1.54, 1.807) is 0 Å². The lowest BCUT2D eigenvalue weighted by molar-refractivity contribution is -0.0963. The molecule has 1 unspecified atom stereocenters. The fraction of sp³-hybridized carbons (Fsp3) is 1.00. The summed E-state index contributed by atoms with van der Waals surface area (Å²) < 4.78 is 11.2. The number of morpholine rings is 1. The molecule has 15 heavy (non-hydrogen) atoms. The summed E-state index contributed by atoms with van der Waals surface area (Å²) in [6, 6.07) is 0. The van der Waals surface area contributed by atoms with Crippen LogP contribution in [0.25, 0.3) is 0 Å². The number of rotatable bonds is 5. The third kappa shape index (κ3) is 4.47. The zero-order valence-corrected chi connectivity index (χ0v) is 10.2. The van der Waals surface area contributed by atoms with E-state index in [1.165, 1.54) is 0 Å². The molecule has 1 rings (SSSR count). The van der Waals surface area contributed by atoms with Crippen molar-refractivity contribution in [2.75, 3.05) is 39.4 Å². The van der Waals surface area contributed by atoms with Crippen LogP contribution < -0.4 is 5.73 Å². The van der Waals surface area contributed by atoms with Crippen LogP contribution in [0, 0.1) is 0 Å². The van der Waals surface area contributed by atoms with Gasteiger partial charge in [0.2, 0.25) is 0 Å². The van der Waals surface area contributed by atoms with E-state index in [0.29, 0.717) is 6.54 Å². The molecule has 0 spiro atoms. The third-order valence-corrected chi connectivity index (χ3v) is 2.63. The molecular formula is C11H24N2O2. The Bertz CT molecular complexity index is 185. The quantitative estimate of drug-likeness (QED) is 0.725. The summed E-state index contributed by atoms with van der Waals surface area (Å²) in [5.41, 5.74) is 5.62. The molecule has 1 saturated heterocycles. The van der Waals surface area contributed by atoms with E-state index in [4.69, 9.17) is 15.2 Å². The van der Waals surface area contributed by atoms with Gasteiger partial charge in [-0.2, -0.15) is 0 Å².